The highest BCUT2D eigenvalue weighted by molar-refractivity contribution is 6.30. The highest BCUT2D eigenvalue weighted by Crippen LogP contribution is 2.28. The minimum atomic E-state index is -0.722. The van der Waals surface area contributed by atoms with E-state index < -0.39 is 24.3 Å². The number of rotatable bonds is 7. The summed E-state index contributed by atoms with van der Waals surface area (Å²) in [6, 6.07) is 8.32. The minimum Gasteiger partial charge on any atom is -0.493 e. The van der Waals surface area contributed by atoms with Crippen LogP contribution in [0.5, 0.6) is 11.5 Å². The monoisotopic (exact) mass is 381 g/mol. The Labute approximate surface area is 154 Å². The molecule has 0 saturated carbocycles. The maximum absolute atomic E-state index is 13.6. The average Bonchev–Trinajstić information content (AvgIpc) is 2.62. The first-order chi connectivity index (χ1) is 12.4. The van der Waals surface area contributed by atoms with Crippen LogP contribution in [0.2, 0.25) is 5.02 Å². The summed E-state index contributed by atoms with van der Waals surface area (Å²) in [4.78, 5) is 23.9. The zero-order valence-corrected chi connectivity index (χ0v) is 14.9. The van der Waals surface area contributed by atoms with E-state index in [1.165, 1.54) is 31.4 Å². The molecule has 0 bridgehead atoms. The third-order valence-electron chi connectivity index (χ3n) is 3.24. The van der Waals surface area contributed by atoms with Crippen molar-refractivity contribution in [3.8, 4) is 11.5 Å². The molecule has 0 atom stereocenters. The van der Waals surface area contributed by atoms with Crippen molar-refractivity contribution in [3.63, 3.8) is 0 Å². The lowest BCUT2D eigenvalue weighted by Gasteiger charge is -2.11. The maximum atomic E-state index is 13.6. The smallest absolute Gasteiger partial charge is 0.338 e. The molecule has 6 nitrogen and oxygen atoms in total. The van der Waals surface area contributed by atoms with Gasteiger partial charge in [0.2, 0.25) is 0 Å². The number of nitrogens with one attached hydrogen (secondary N) is 1. The van der Waals surface area contributed by atoms with Crippen molar-refractivity contribution in [2.45, 2.75) is 6.92 Å². The number of hydrogen-bond donors (Lipinski definition) is 1. The summed E-state index contributed by atoms with van der Waals surface area (Å²) in [6.07, 6.45) is 0. The number of hydrogen-bond acceptors (Lipinski definition) is 5. The maximum Gasteiger partial charge on any atom is 0.338 e. The van der Waals surface area contributed by atoms with E-state index in [0.717, 1.165) is 6.07 Å². The van der Waals surface area contributed by atoms with E-state index in [-0.39, 0.29) is 16.3 Å². The van der Waals surface area contributed by atoms with Crippen LogP contribution in [0, 0.1) is 5.82 Å². The van der Waals surface area contributed by atoms with E-state index in [4.69, 9.17) is 25.8 Å². The van der Waals surface area contributed by atoms with E-state index >= 15 is 0 Å². The van der Waals surface area contributed by atoms with Crippen LogP contribution >= 0.6 is 11.6 Å². The summed E-state index contributed by atoms with van der Waals surface area (Å²) >= 11 is 5.64. The molecule has 0 saturated heterocycles. The number of anilines is 1. The first-order valence-corrected chi connectivity index (χ1v) is 8.05. The fourth-order valence-electron chi connectivity index (χ4n) is 2.06. The van der Waals surface area contributed by atoms with Gasteiger partial charge >= 0.3 is 5.97 Å². The normalized spacial score (nSPS) is 10.2. The molecule has 8 heteroatoms. The van der Waals surface area contributed by atoms with Crippen LogP contribution in [0.25, 0.3) is 0 Å². The first-order valence-electron chi connectivity index (χ1n) is 7.67. The lowest BCUT2D eigenvalue weighted by Crippen LogP contribution is -2.21. The number of ether oxygens (including phenoxy) is 3. The van der Waals surface area contributed by atoms with E-state index in [9.17, 15) is 14.0 Å². The third-order valence-corrected chi connectivity index (χ3v) is 3.47. The molecule has 0 unspecified atom stereocenters. The van der Waals surface area contributed by atoms with Crippen molar-refractivity contribution < 1.29 is 28.2 Å². The average molecular weight is 382 g/mol. The van der Waals surface area contributed by atoms with Gasteiger partial charge in [0.15, 0.2) is 18.1 Å². The van der Waals surface area contributed by atoms with Gasteiger partial charge in [0, 0.05) is 5.02 Å². The van der Waals surface area contributed by atoms with Crippen molar-refractivity contribution in [1.82, 2.24) is 0 Å². The molecule has 138 valence electrons. The van der Waals surface area contributed by atoms with E-state index in [0.29, 0.717) is 18.1 Å². The van der Waals surface area contributed by atoms with Crippen LogP contribution in [0.1, 0.15) is 17.3 Å². The van der Waals surface area contributed by atoms with Crippen molar-refractivity contribution >= 4 is 29.2 Å². The molecular weight excluding hydrogens is 365 g/mol. The molecular formula is C18H17ClFNO5. The summed E-state index contributed by atoms with van der Waals surface area (Å²) in [5, 5.41) is 2.50. The Bertz CT molecular complexity index is 812. The van der Waals surface area contributed by atoms with Crippen LogP contribution in [-0.2, 0) is 9.53 Å². The van der Waals surface area contributed by atoms with Crippen molar-refractivity contribution in [2.75, 3.05) is 25.6 Å². The Balaban J connectivity index is 1.97. The second kappa shape index (κ2) is 9.05. The number of amides is 1. The van der Waals surface area contributed by atoms with E-state index in [2.05, 4.69) is 5.32 Å². The standard InChI is InChI=1S/C18H17ClFNO5/c1-3-25-16-8-11(4-7-15(16)24-2)18(23)26-10-17(22)21-14-6-5-12(19)9-13(14)20/h4-9H,3,10H2,1-2H3,(H,21,22). The quantitative estimate of drug-likeness (QED) is 0.740. The lowest BCUT2D eigenvalue weighted by atomic mass is 10.2. The minimum absolute atomic E-state index is 0.0569. The largest absolute Gasteiger partial charge is 0.493 e. The Kier molecular flexibility index (Phi) is 6.80. The van der Waals surface area contributed by atoms with Gasteiger partial charge in [-0.25, -0.2) is 9.18 Å². The molecule has 2 rings (SSSR count). The molecule has 26 heavy (non-hydrogen) atoms. The number of esters is 1. The molecule has 2 aromatic rings. The molecule has 0 aliphatic rings. The van der Waals surface area contributed by atoms with Crippen LogP contribution in [-0.4, -0.2) is 32.2 Å². The van der Waals surface area contributed by atoms with Gasteiger partial charge in [-0.15, -0.1) is 0 Å². The predicted octanol–water partition coefficient (Wildman–Crippen LogP) is 3.68. The van der Waals surface area contributed by atoms with E-state index in [1.807, 2.05) is 0 Å². The van der Waals surface area contributed by atoms with Crippen molar-refractivity contribution in [1.29, 1.82) is 0 Å². The fraction of sp³-hybridized carbons (Fsp3) is 0.222. The Hall–Kier alpha value is -2.80. The molecule has 0 fully saturated rings. The van der Waals surface area contributed by atoms with Gasteiger partial charge < -0.3 is 19.5 Å². The van der Waals surface area contributed by atoms with Gasteiger partial charge in [-0.2, -0.15) is 0 Å². The number of methoxy groups -OCH3 is 1. The highest BCUT2D eigenvalue weighted by atomic mass is 35.5. The Morgan fingerprint density at radius 2 is 1.92 bits per heavy atom. The molecule has 0 aromatic heterocycles. The molecule has 1 amide bonds. The summed E-state index contributed by atoms with van der Waals surface area (Å²) in [6.45, 7) is 1.62. The van der Waals surface area contributed by atoms with Crippen molar-refractivity contribution in [2.24, 2.45) is 0 Å². The highest BCUT2D eigenvalue weighted by Gasteiger charge is 2.15. The second-order valence-corrected chi connectivity index (χ2v) is 5.48. The molecule has 1 N–H and O–H groups in total. The topological polar surface area (TPSA) is 73.9 Å². The van der Waals surface area contributed by atoms with Crippen LogP contribution in [0.4, 0.5) is 10.1 Å². The number of benzene rings is 2. The summed E-state index contributed by atoms with van der Waals surface area (Å²) in [7, 11) is 1.48. The van der Waals surface area contributed by atoms with Gasteiger partial charge in [-0.1, -0.05) is 11.6 Å². The Morgan fingerprint density at radius 1 is 1.15 bits per heavy atom. The van der Waals surface area contributed by atoms with Gasteiger partial charge in [-0.3, -0.25) is 4.79 Å². The van der Waals surface area contributed by atoms with Gasteiger partial charge in [0.05, 0.1) is 25.0 Å². The third kappa shape index (κ3) is 5.10. The van der Waals surface area contributed by atoms with Crippen molar-refractivity contribution in [3.05, 3.63) is 52.8 Å². The van der Waals surface area contributed by atoms with Gasteiger partial charge in [0.25, 0.3) is 5.91 Å². The number of carbonyl (C=O) groups is 2. The molecule has 0 spiro atoms. The van der Waals surface area contributed by atoms with Crippen LogP contribution in [0.3, 0.4) is 0 Å². The molecule has 0 aliphatic heterocycles. The number of carbonyl (C=O) groups excluding carboxylic acids is 2. The summed E-state index contributed by atoms with van der Waals surface area (Å²) in [5.41, 5.74) is 0.137. The zero-order valence-electron chi connectivity index (χ0n) is 14.2. The molecule has 2 aromatic carbocycles. The van der Waals surface area contributed by atoms with Gasteiger partial charge in [0.1, 0.15) is 5.82 Å². The molecule has 0 radical (unpaired) electrons. The van der Waals surface area contributed by atoms with Crippen LogP contribution < -0.4 is 14.8 Å². The first kappa shape index (κ1) is 19.5. The number of halogens is 2. The zero-order chi connectivity index (χ0) is 19.1. The second-order valence-electron chi connectivity index (χ2n) is 5.05. The predicted molar refractivity (Wildman–Crippen MR) is 94.5 cm³/mol. The Morgan fingerprint density at radius 3 is 2.58 bits per heavy atom. The van der Waals surface area contributed by atoms with E-state index in [1.54, 1.807) is 13.0 Å². The summed E-state index contributed by atoms with van der Waals surface area (Å²) < 4.78 is 29.1. The molecule has 0 heterocycles. The lowest BCUT2D eigenvalue weighted by molar-refractivity contribution is -0.119. The summed E-state index contributed by atoms with van der Waals surface area (Å²) in [5.74, 6) is -1.23. The molecule has 0 aliphatic carbocycles. The van der Waals surface area contributed by atoms with Gasteiger partial charge in [-0.05, 0) is 43.3 Å². The fourth-order valence-corrected chi connectivity index (χ4v) is 2.22. The van der Waals surface area contributed by atoms with Crippen LogP contribution in [0.15, 0.2) is 36.4 Å². The SMILES string of the molecule is CCOc1cc(C(=O)OCC(=O)Nc2ccc(Cl)cc2F)ccc1OC.